The molecule has 0 bridgehead atoms. The smallest absolute Gasteiger partial charge is 0.408 e. The van der Waals surface area contributed by atoms with Crippen LogP contribution in [0.3, 0.4) is 0 Å². The molecule has 0 saturated heterocycles. The highest BCUT2D eigenvalue weighted by atomic mass is 79.9. The summed E-state index contributed by atoms with van der Waals surface area (Å²) in [5, 5.41) is 12.1. The summed E-state index contributed by atoms with van der Waals surface area (Å²) in [6.07, 6.45) is -0.682. The van der Waals surface area contributed by atoms with Gasteiger partial charge < -0.3 is 15.2 Å². The number of aliphatic carboxylic acids is 1. The summed E-state index contributed by atoms with van der Waals surface area (Å²) >= 11 is 9.38. The van der Waals surface area contributed by atoms with Gasteiger partial charge in [0.15, 0.2) is 9.82 Å². The molecule has 0 spiro atoms. The van der Waals surface area contributed by atoms with E-state index in [1.165, 1.54) is 20.9 Å². The van der Waals surface area contributed by atoms with Crippen molar-refractivity contribution in [2.75, 3.05) is 0 Å². The van der Waals surface area contributed by atoms with Crippen LogP contribution in [0, 0.1) is 0 Å². The molecule has 0 aliphatic rings. The van der Waals surface area contributed by atoms with Crippen molar-refractivity contribution in [2.45, 2.75) is 38.8 Å². The lowest BCUT2D eigenvalue weighted by Crippen LogP contribution is -2.44. The third kappa shape index (κ3) is 6.87. The van der Waals surface area contributed by atoms with Crippen LogP contribution in [-0.4, -0.2) is 33.2 Å². The van der Waals surface area contributed by atoms with E-state index >= 15 is 0 Å². The Kier molecular flexibility index (Phi) is 7.38. The topological polar surface area (TPSA) is 101 Å². The summed E-state index contributed by atoms with van der Waals surface area (Å²) in [5.41, 5.74) is 0.643. The molecule has 7 nitrogen and oxygen atoms in total. The number of alkyl carbamates (subject to hydrolysis) is 1. The van der Waals surface area contributed by atoms with Gasteiger partial charge in [-0.1, -0.05) is 17.7 Å². The van der Waals surface area contributed by atoms with Crippen molar-refractivity contribution in [1.82, 2.24) is 9.69 Å². The number of nitrogens with zero attached hydrogens (tertiary/aromatic N) is 2. The van der Waals surface area contributed by atoms with Crippen LogP contribution in [0.4, 0.5) is 10.5 Å². The number of rotatable bonds is 5. The Hall–Kier alpha value is -1.49. The van der Waals surface area contributed by atoms with Crippen molar-refractivity contribution in [2.24, 2.45) is 4.99 Å². The molecule has 2 aromatic rings. The molecule has 27 heavy (non-hydrogen) atoms. The maximum absolute atomic E-state index is 11.9. The van der Waals surface area contributed by atoms with Gasteiger partial charge in [0.25, 0.3) is 0 Å². The molecular weight excluding hydrogens is 478 g/mol. The van der Waals surface area contributed by atoms with E-state index in [2.05, 4.69) is 30.6 Å². The zero-order chi connectivity index (χ0) is 20.2. The number of halogens is 2. The summed E-state index contributed by atoms with van der Waals surface area (Å²) in [4.78, 5) is 27.8. The van der Waals surface area contributed by atoms with Crippen LogP contribution in [0.25, 0.3) is 0 Å². The second kappa shape index (κ2) is 9.13. The quantitative estimate of drug-likeness (QED) is 0.601. The standard InChI is InChI=1S/C16H17BrClN3O4S2/c1-16(2,3)25-15(24)20-11(14(22)23)7-8-4-5-10(9(17)6-8)19-13-12(18)21-27-26-13/h4-6,11H,7H2,1-3H3,(H,20,24)(H,22,23)/b19-13+. The monoisotopic (exact) mass is 493 g/mol. The molecule has 1 unspecified atom stereocenters. The van der Waals surface area contributed by atoms with Crippen molar-refractivity contribution in [3.8, 4) is 0 Å². The molecule has 2 N–H and O–H groups in total. The molecule has 2 rings (SSSR count). The summed E-state index contributed by atoms with van der Waals surface area (Å²) in [6.45, 7) is 5.12. The summed E-state index contributed by atoms with van der Waals surface area (Å²) < 4.78 is 10.4. The minimum atomic E-state index is -1.15. The van der Waals surface area contributed by atoms with Gasteiger partial charge in [-0.05, 0) is 64.7 Å². The van der Waals surface area contributed by atoms with Crippen LogP contribution in [-0.2, 0) is 16.0 Å². The normalized spacial score (nSPS) is 13.3. The molecule has 0 radical (unpaired) electrons. The van der Waals surface area contributed by atoms with E-state index in [1.54, 1.807) is 39.0 Å². The average molecular weight is 495 g/mol. The second-order valence-electron chi connectivity index (χ2n) is 6.48. The molecule has 0 aliphatic heterocycles. The predicted molar refractivity (Wildman–Crippen MR) is 109 cm³/mol. The number of benzene rings is 1. The van der Waals surface area contributed by atoms with Crippen molar-refractivity contribution in [1.29, 1.82) is 0 Å². The second-order valence-corrected chi connectivity index (χ2v) is 9.53. The number of amides is 1. The SMILES string of the molecule is CC(C)(C)OC(=O)NC(Cc1ccc(/N=c2/ssnc2Cl)c(Br)c1)C(=O)O. The number of nitrogens with one attached hydrogen (secondary N) is 1. The first kappa shape index (κ1) is 21.8. The fraction of sp³-hybridized carbons (Fsp3) is 0.375. The molecule has 1 aromatic carbocycles. The predicted octanol–water partition coefficient (Wildman–Crippen LogP) is 4.37. The highest BCUT2D eigenvalue weighted by Crippen LogP contribution is 2.27. The van der Waals surface area contributed by atoms with E-state index in [0.717, 1.165) is 0 Å². The molecule has 1 aromatic heterocycles. The van der Waals surface area contributed by atoms with E-state index in [1.807, 2.05) is 0 Å². The lowest BCUT2D eigenvalue weighted by Gasteiger charge is -2.22. The average Bonchev–Trinajstić information content (AvgIpc) is 2.92. The molecule has 146 valence electrons. The Morgan fingerprint density at radius 2 is 2.15 bits per heavy atom. The number of aromatic nitrogens is 1. The van der Waals surface area contributed by atoms with Gasteiger partial charge in [0.2, 0.25) is 0 Å². The third-order valence-electron chi connectivity index (χ3n) is 3.07. The fourth-order valence-corrected chi connectivity index (χ4v) is 4.49. The minimum absolute atomic E-state index is 0.0941. The van der Waals surface area contributed by atoms with E-state index < -0.39 is 23.7 Å². The molecular formula is C16H17BrClN3O4S2. The first-order valence-corrected chi connectivity index (χ1v) is 11.0. The van der Waals surface area contributed by atoms with Crippen molar-refractivity contribution in [3.05, 3.63) is 38.1 Å². The lowest BCUT2D eigenvalue weighted by atomic mass is 10.1. The highest BCUT2D eigenvalue weighted by Gasteiger charge is 2.24. The van der Waals surface area contributed by atoms with Crippen molar-refractivity contribution < 1.29 is 19.4 Å². The van der Waals surface area contributed by atoms with E-state index in [4.69, 9.17) is 16.3 Å². The van der Waals surface area contributed by atoms with Crippen LogP contribution >= 0.6 is 48.4 Å². The Labute approximate surface area is 176 Å². The van der Waals surface area contributed by atoms with Gasteiger partial charge >= 0.3 is 12.1 Å². The van der Waals surface area contributed by atoms with Gasteiger partial charge in [-0.15, -0.1) is 0 Å². The number of ether oxygens (including phenoxy) is 1. The van der Waals surface area contributed by atoms with Crippen LogP contribution < -0.4 is 9.99 Å². The van der Waals surface area contributed by atoms with E-state index in [-0.39, 0.29) is 6.42 Å². The van der Waals surface area contributed by atoms with Gasteiger partial charge in [-0.25, -0.2) is 14.6 Å². The van der Waals surface area contributed by atoms with Gasteiger partial charge in [0.05, 0.1) is 5.69 Å². The highest BCUT2D eigenvalue weighted by molar-refractivity contribution is 9.10. The number of hydrogen-bond donors (Lipinski definition) is 2. The van der Waals surface area contributed by atoms with Gasteiger partial charge in [-0.2, -0.15) is 4.37 Å². The zero-order valence-electron chi connectivity index (χ0n) is 14.7. The Bertz CT molecular complexity index is 908. The number of carbonyl (C=O) groups is 2. The minimum Gasteiger partial charge on any atom is -0.480 e. The van der Waals surface area contributed by atoms with Crippen molar-refractivity contribution in [3.63, 3.8) is 0 Å². The molecule has 1 amide bonds. The number of carboxylic acid groups (broad SMARTS) is 1. The van der Waals surface area contributed by atoms with Crippen LogP contribution in [0.5, 0.6) is 0 Å². The Morgan fingerprint density at radius 1 is 1.44 bits per heavy atom. The lowest BCUT2D eigenvalue weighted by molar-refractivity contribution is -0.139. The summed E-state index contributed by atoms with van der Waals surface area (Å²) in [7, 11) is 2.60. The van der Waals surface area contributed by atoms with Gasteiger partial charge in [0, 0.05) is 21.4 Å². The van der Waals surface area contributed by atoms with Crippen molar-refractivity contribution >= 4 is 66.2 Å². The Balaban J connectivity index is 2.15. The Morgan fingerprint density at radius 3 is 2.67 bits per heavy atom. The van der Waals surface area contributed by atoms with E-state index in [9.17, 15) is 14.7 Å². The van der Waals surface area contributed by atoms with Crippen LogP contribution in [0.1, 0.15) is 26.3 Å². The summed E-state index contributed by atoms with van der Waals surface area (Å²) in [5.74, 6) is -1.15. The molecule has 11 heteroatoms. The molecule has 1 atom stereocenters. The number of carbonyl (C=O) groups excluding carboxylic acids is 1. The molecule has 0 saturated carbocycles. The largest absolute Gasteiger partial charge is 0.480 e. The first-order chi connectivity index (χ1) is 12.5. The number of carboxylic acids is 1. The fourth-order valence-electron chi connectivity index (χ4n) is 1.99. The number of hydrogen-bond acceptors (Lipinski definition) is 7. The maximum Gasteiger partial charge on any atom is 0.408 e. The van der Waals surface area contributed by atoms with Crippen LogP contribution in [0.15, 0.2) is 27.7 Å². The third-order valence-corrected chi connectivity index (χ3v) is 5.88. The van der Waals surface area contributed by atoms with E-state index in [0.29, 0.717) is 25.5 Å². The molecule has 0 aliphatic carbocycles. The molecule has 0 fully saturated rings. The molecule has 1 heterocycles. The van der Waals surface area contributed by atoms with Gasteiger partial charge in [0.1, 0.15) is 11.6 Å². The first-order valence-electron chi connectivity index (χ1n) is 7.72. The maximum atomic E-state index is 11.9. The zero-order valence-corrected chi connectivity index (χ0v) is 18.6. The summed E-state index contributed by atoms with van der Waals surface area (Å²) in [6, 6.07) is 4.12. The van der Waals surface area contributed by atoms with Gasteiger partial charge in [-0.3, -0.25) is 0 Å². The van der Waals surface area contributed by atoms with Crippen LogP contribution in [0.2, 0.25) is 5.15 Å².